The van der Waals surface area contributed by atoms with Crippen molar-refractivity contribution < 1.29 is 13.9 Å². The summed E-state index contributed by atoms with van der Waals surface area (Å²) in [6.45, 7) is 0.674. The number of nitrogens with one attached hydrogen (secondary N) is 1. The summed E-state index contributed by atoms with van der Waals surface area (Å²) >= 11 is 0. The lowest BCUT2D eigenvalue weighted by Crippen LogP contribution is -2.43. The lowest BCUT2D eigenvalue weighted by Gasteiger charge is -2.32. The van der Waals surface area contributed by atoms with E-state index in [2.05, 4.69) is 5.32 Å². The number of nitrogens with zero attached hydrogens (tertiary/aromatic N) is 1. The van der Waals surface area contributed by atoms with E-state index in [9.17, 15) is 9.18 Å². The maximum Gasteiger partial charge on any atom is 0.247 e. The van der Waals surface area contributed by atoms with Crippen LogP contribution in [0.2, 0.25) is 0 Å². The molecular weight excluding hydrogens is 223 g/mol. The van der Waals surface area contributed by atoms with E-state index in [0.717, 1.165) is 5.69 Å². The van der Waals surface area contributed by atoms with Crippen molar-refractivity contribution in [3.05, 3.63) is 24.0 Å². The van der Waals surface area contributed by atoms with Crippen molar-refractivity contribution in [2.45, 2.75) is 18.6 Å². The molecule has 90 valence electrons. The van der Waals surface area contributed by atoms with Gasteiger partial charge in [-0.3, -0.25) is 4.79 Å². The lowest BCUT2D eigenvalue weighted by atomic mass is 10.1. The number of rotatable bonds is 1. The third-order valence-electron chi connectivity index (χ3n) is 3.42. The number of fused-ring (bicyclic) bond motifs is 3. The second kappa shape index (κ2) is 3.70. The SMILES string of the molecule is COC1CC2C(=O)Nc3cc(F)ccc3N2C1. The van der Waals surface area contributed by atoms with Crippen molar-refractivity contribution in [1.29, 1.82) is 0 Å². The third kappa shape index (κ3) is 1.58. The minimum atomic E-state index is -0.343. The molecule has 0 saturated carbocycles. The molecule has 17 heavy (non-hydrogen) atoms. The Balaban J connectivity index is 2.01. The summed E-state index contributed by atoms with van der Waals surface area (Å²) in [6, 6.07) is 4.27. The monoisotopic (exact) mass is 236 g/mol. The average Bonchev–Trinajstić information content (AvgIpc) is 2.73. The molecule has 0 aromatic heterocycles. The van der Waals surface area contributed by atoms with Crippen LogP contribution >= 0.6 is 0 Å². The molecule has 0 bridgehead atoms. The molecule has 0 aliphatic carbocycles. The van der Waals surface area contributed by atoms with Crippen molar-refractivity contribution in [3.8, 4) is 0 Å². The molecule has 1 amide bonds. The van der Waals surface area contributed by atoms with Gasteiger partial charge < -0.3 is 15.0 Å². The van der Waals surface area contributed by atoms with Gasteiger partial charge in [0.25, 0.3) is 0 Å². The Morgan fingerprint density at radius 2 is 2.35 bits per heavy atom. The minimum Gasteiger partial charge on any atom is -0.380 e. The molecule has 2 aliphatic rings. The molecule has 2 heterocycles. The summed E-state index contributed by atoms with van der Waals surface area (Å²) in [5, 5.41) is 2.74. The molecule has 1 fully saturated rings. The second-order valence-corrected chi connectivity index (χ2v) is 4.41. The van der Waals surface area contributed by atoms with Crippen molar-refractivity contribution in [2.24, 2.45) is 0 Å². The highest BCUT2D eigenvalue weighted by Gasteiger charge is 2.41. The molecule has 3 rings (SSSR count). The zero-order valence-corrected chi connectivity index (χ0v) is 9.44. The normalized spacial score (nSPS) is 26.5. The van der Waals surface area contributed by atoms with Gasteiger partial charge >= 0.3 is 0 Å². The number of carbonyl (C=O) groups excluding carboxylic acids is 1. The summed E-state index contributed by atoms with van der Waals surface area (Å²) in [5.74, 6) is -0.423. The molecule has 1 N–H and O–H groups in total. The highest BCUT2D eigenvalue weighted by Crippen LogP contribution is 2.37. The van der Waals surface area contributed by atoms with Crippen LogP contribution in [-0.2, 0) is 9.53 Å². The zero-order chi connectivity index (χ0) is 12.0. The molecule has 0 radical (unpaired) electrons. The Hall–Kier alpha value is -1.62. The van der Waals surface area contributed by atoms with E-state index in [1.807, 2.05) is 4.90 Å². The maximum atomic E-state index is 13.1. The Morgan fingerprint density at radius 3 is 3.12 bits per heavy atom. The molecule has 2 unspecified atom stereocenters. The number of anilines is 2. The molecule has 4 nitrogen and oxygen atoms in total. The van der Waals surface area contributed by atoms with Gasteiger partial charge in [0, 0.05) is 20.1 Å². The summed E-state index contributed by atoms with van der Waals surface area (Å²) < 4.78 is 18.4. The maximum absolute atomic E-state index is 13.1. The predicted octanol–water partition coefficient (Wildman–Crippen LogP) is 1.37. The van der Waals surface area contributed by atoms with E-state index in [-0.39, 0.29) is 23.9 Å². The summed E-state index contributed by atoms with van der Waals surface area (Å²) in [5.41, 5.74) is 1.42. The standard InChI is InChI=1S/C12H13FN2O2/c1-17-8-5-11-12(16)14-9-4-7(13)2-3-10(9)15(11)6-8/h2-4,8,11H,5-6H2,1H3,(H,14,16). The number of benzene rings is 1. The zero-order valence-electron chi connectivity index (χ0n) is 9.44. The van der Waals surface area contributed by atoms with Crippen LogP contribution in [0.4, 0.5) is 15.8 Å². The first-order valence-electron chi connectivity index (χ1n) is 5.59. The first-order chi connectivity index (χ1) is 8.19. The highest BCUT2D eigenvalue weighted by atomic mass is 19.1. The quantitative estimate of drug-likeness (QED) is 0.800. The first kappa shape index (κ1) is 10.5. The van der Waals surface area contributed by atoms with E-state index in [1.54, 1.807) is 13.2 Å². The fourth-order valence-electron chi connectivity index (χ4n) is 2.56. The largest absolute Gasteiger partial charge is 0.380 e. The molecule has 1 aromatic carbocycles. The molecule has 1 saturated heterocycles. The van der Waals surface area contributed by atoms with Crippen LogP contribution in [0.3, 0.4) is 0 Å². The number of methoxy groups -OCH3 is 1. The number of amides is 1. The number of hydrogen-bond donors (Lipinski definition) is 1. The van der Waals surface area contributed by atoms with Gasteiger partial charge in [0.15, 0.2) is 0 Å². The van der Waals surface area contributed by atoms with Crippen LogP contribution < -0.4 is 10.2 Å². The van der Waals surface area contributed by atoms with E-state index in [4.69, 9.17) is 4.74 Å². The number of hydrogen-bond acceptors (Lipinski definition) is 3. The smallest absolute Gasteiger partial charge is 0.247 e. The highest BCUT2D eigenvalue weighted by molar-refractivity contribution is 6.04. The Kier molecular flexibility index (Phi) is 2.29. The van der Waals surface area contributed by atoms with Crippen LogP contribution in [0.5, 0.6) is 0 Å². The third-order valence-corrected chi connectivity index (χ3v) is 3.42. The Morgan fingerprint density at radius 1 is 1.53 bits per heavy atom. The Bertz CT molecular complexity index is 478. The Labute approximate surface area is 98.4 Å². The number of halogens is 1. The summed E-state index contributed by atoms with van der Waals surface area (Å²) in [6.07, 6.45) is 0.737. The van der Waals surface area contributed by atoms with Gasteiger partial charge in [-0.1, -0.05) is 0 Å². The molecule has 1 aromatic rings. The van der Waals surface area contributed by atoms with Gasteiger partial charge in [-0.2, -0.15) is 0 Å². The average molecular weight is 236 g/mol. The van der Waals surface area contributed by atoms with Crippen molar-refractivity contribution >= 4 is 17.3 Å². The number of carbonyl (C=O) groups is 1. The van der Waals surface area contributed by atoms with Crippen LogP contribution in [0.25, 0.3) is 0 Å². The van der Waals surface area contributed by atoms with Crippen LogP contribution in [0, 0.1) is 5.82 Å². The van der Waals surface area contributed by atoms with Crippen molar-refractivity contribution in [1.82, 2.24) is 0 Å². The molecular formula is C12H13FN2O2. The molecule has 0 spiro atoms. The fraction of sp³-hybridized carbons (Fsp3) is 0.417. The first-order valence-corrected chi connectivity index (χ1v) is 5.59. The summed E-state index contributed by atoms with van der Waals surface area (Å²) in [4.78, 5) is 13.9. The number of ether oxygens (including phenoxy) is 1. The van der Waals surface area contributed by atoms with Gasteiger partial charge in [0.05, 0.1) is 17.5 Å². The van der Waals surface area contributed by atoms with Gasteiger partial charge in [-0.15, -0.1) is 0 Å². The van der Waals surface area contributed by atoms with Crippen LogP contribution in [0.1, 0.15) is 6.42 Å². The van der Waals surface area contributed by atoms with Gasteiger partial charge in [-0.25, -0.2) is 4.39 Å². The fourth-order valence-corrected chi connectivity index (χ4v) is 2.56. The van der Waals surface area contributed by atoms with Gasteiger partial charge in [-0.05, 0) is 18.2 Å². The van der Waals surface area contributed by atoms with E-state index in [1.165, 1.54) is 12.1 Å². The second-order valence-electron chi connectivity index (χ2n) is 4.41. The topological polar surface area (TPSA) is 41.6 Å². The van der Waals surface area contributed by atoms with Crippen molar-refractivity contribution in [3.63, 3.8) is 0 Å². The lowest BCUT2D eigenvalue weighted by molar-refractivity contribution is -0.117. The minimum absolute atomic E-state index is 0.0572. The molecule has 5 heteroatoms. The van der Waals surface area contributed by atoms with Crippen molar-refractivity contribution in [2.75, 3.05) is 23.9 Å². The predicted molar refractivity (Wildman–Crippen MR) is 61.6 cm³/mol. The van der Waals surface area contributed by atoms with Crippen LogP contribution in [-0.4, -0.2) is 31.7 Å². The van der Waals surface area contributed by atoms with E-state index < -0.39 is 0 Å². The van der Waals surface area contributed by atoms with Crippen LogP contribution in [0.15, 0.2) is 18.2 Å². The molecule has 2 aliphatic heterocycles. The van der Waals surface area contributed by atoms with E-state index in [0.29, 0.717) is 18.7 Å². The van der Waals surface area contributed by atoms with E-state index >= 15 is 0 Å². The molecule has 2 atom stereocenters. The van der Waals surface area contributed by atoms with Gasteiger partial charge in [0.1, 0.15) is 11.9 Å². The summed E-state index contributed by atoms with van der Waals surface area (Å²) in [7, 11) is 1.65. The van der Waals surface area contributed by atoms with Gasteiger partial charge in [0.2, 0.25) is 5.91 Å².